The first kappa shape index (κ1) is 24.3. The van der Waals surface area contributed by atoms with Crippen LogP contribution in [-0.2, 0) is 22.5 Å². The lowest BCUT2D eigenvalue weighted by Crippen LogP contribution is -2.39. The Labute approximate surface area is 203 Å². The van der Waals surface area contributed by atoms with Gasteiger partial charge in [-0.05, 0) is 73.4 Å². The lowest BCUT2D eigenvalue weighted by molar-refractivity contribution is -0.138. The van der Waals surface area contributed by atoms with E-state index in [1.165, 1.54) is 7.11 Å². The highest BCUT2D eigenvalue weighted by Crippen LogP contribution is 2.30. The van der Waals surface area contributed by atoms with Crippen molar-refractivity contribution < 1.29 is 29.0 Å². The third kappa shape index (κ3) is 6.40. The van der Waals surface area contributed by atoms with Gasteiger partial charge >= 0.3 is 18.1 Å². The summed E-state index contributed by atoms with van der Waals surface area (Å²) in [5.41, 5.74) is 3.20. The van der Waals surface area contributed by atoms with Gasteiger partial charge in [0.2, 0.25) is 5.88 Å². The number of carboxylic acids is 1. The van der Waals surface area contributed by atoms with Gasteiger partial charge in [-0.1, -0.05) is 6.07 Å². The molecule has 0 radical (unpaired) electrons. The van der Waals surface area contributed by atoms with Crippen LogP contribution >= 0.6 is 0 Å². The topological polar surface area (TPSA) is 130 Å². The molecule has 1 aromatic heterocycles. The van der Waals surface area contributed by atoms with Gasteiger partial charge in [-0.25, -0.2) is 14.6 Å². The first-order valence-corrected chi connectivity index (χ1v) is 11.8. The molecule has 0 atom stereocenters. The maximum absolute atomic E-state index is 12.7. The first-order valence-electron chi connectivity index (χ1n) is 11.8. The van der Waals surface area contributed by atoms with Crippen LogP contribution in [0.2, 0.25) is 0 Å². The fourth-order valence-corrected chi connectivity index (χ4v) is 4.64. The van der Waals surface area contributed by atoms with Gasteiger partial charge in [0.25, 0.3) is 0 Å². The number of benzene rings is 1. The summed E-state index contributed by atoms with van der Waals surface area (Å²) >= 11 is 0. The van der Waals surface area contributed by atoms with Crippen LogP contribution in [0.15, 0.2) is 36.5 Å². The van der Waals surface area contributed by atoms with Gasteiger partial charge in [-0.2, -0.15) is 0 Å². The predicted molar refractivity (Wildman–Crippen MR) is 128 cm³/mol. The smallest absolute Gasteiger partial charge is 0.410 e. The Morgan fingerprint density at radius 3 is 2.66 bits per heavy atom. The number of methoxy groups -OCH3 is 1. The highest BCUT2D eigenvalue weighted by atomic mass is 16.6. The number of aromatic nitrogens is 1. The second kappa shape index (κ2) is 11.1. The number of pyridine rings is 1. The van der Waals surface area contributed by atoms with Crippen LogP contribution in [0, 0.1) is 5.92 Å². The second-order valence-corrected chi connectivity index (χ2v) is 8.92. The number of carboxylic acid groups (broad SMARTS) is 1. The molecule has 0 unspecified atom stereocenters. The van der Waals surface area contributed by atoms with E-state index in [0.717, 1.165) is 24.0 Å². The molecule has 1 saturated carbocycles. The maximum Gasteiger partial charge on any atom is 0.410 e. The molecule has 0 spiro atoms. The Hall–Kier alpha value is -3.82. The summed E-state index contributed by atoms with van der Waals surface area (Å²) in [6.07, 6.45) is 4.88. The van der Waals surface area contributed by atoms with E-state index in [1.807, 2.05) is 12.1 Å². The molecule has 2 aliphatic rings. The third-order valence-electron chi connectivity index (χ3n) is 6.47. The number of hydrogen-bond acceptors (Lipinski definition) is 6. The van der Waals surface area contributed by atoms with E-state index in [2.05, 4.69) is 15.6 Å². The minimum atomic E-state index is -0.773. The molecule has 4 rings (SSSR count). The van der Waals surface area contributed by atoms with Gasteiger partial charge in [0.05, 0.1) is 7.11 Å². The van der Waals surface area contributed by atoms with Crippen LogP contribution in [-0.4, -0.2) is 52.8 Å². The molecule has 2 heterocycles. The quantitative estimate of drug-likeness (QED) is 0.561. The number of ether oxygens (including phenoxy) is 2. The minimum absolute atomic E-state index is 0.155. The van der Waals surface area contributed by atoms with E-state index in [4.69, 9.17) is 14.6 Å². The second-order valence-electron chi connectivity index (χ2n) is 8.92. The van der Waals surface area contributed by atoms with E-state index < -0.39 is 12.0 Å². The van der Waals surface area contributed by atoms with Gasteiger partial charge in [-0.15, -0.1) is 0 Å². The van der Waals surface area contributed by atoms with Crippen molar-refractivity contribution in [2.75, 3.05) is 24.3 Å². The summed E-state index contributed by atoms with van der Waals surface area (Å²) in [6.45, 7) is 0.977. The minimum Gasteiger partial charge on any atom is -0.481 e. The number of anilines is 2. The molecule has 3 N–H and O–H groups in total. The zero-order chi connectivity index (χ0) is 24.8. The number of carbonyl (C=O) groups is 3. The Morgan fingerprint density at radius 2 is 1.91 bits per heavy atom. The van der Waals surface area contributed by atoms with Gasteiger partial charge in [0.1, 0.15) is 11.8 Å². The van der Waals surface area contributed by atoms with Gasteiger partial charge in [-0.3, -0.25) is 4.79 Å². The zero-order valence-electron chi connectivity index (χ0n) is 19.7. The monoisotopic (exact) mass is 482 g/mol. The first-order chi connectivity index (χ1) is 16.9. The molecule has 3 amide bonds. The lowest BCUT2D eigenvalue weighted by Gasteiger charge is -2.32. The number of urea groups is 1. The number of hydrogen-bond donors (Lipinski definition) is 3. The number of aliphatic carboxylic acids is 1. The molecule has 10 nitrogen and oxygen atoms in total. The van der Waals surface area contributed by atoms with Crippen molar-refractivity contribution in [1.29, 1.82) is 0 Å². The number of nitrogens with zero attached hydrogens (tertiary/aromatic N) is 2. The van der Waals surface area contributed by atoms with Crippen LogP contribution in [0.5, 0.6) is 5.88 Å². The summed E-state index contributed by atoms with van der Waals surface area (Å²) < 4.78 is 10.9. The SMILES string of the molecule is COc1ncccc1NC(=O)Nc1ccc2c(c1)CCN(C(=O)OC1CCC(CC(=O)O)CC1)C2. The largest absolute Gasteiger partial charge is 0.481 e. The molecule has 0 bridgehead atoms. The summed E-state index contributed by atoms with van der Waals surface area (Å²) in [5, 5.41) is 14.5. The van der Waals surface area contributed by atoms with Crippen molar-refractivity contribution in [3.8, 4) is 5.88 Å². The van der Waals surface area contributed by atoms with Gasteiger partial charge in [0, 0.05) is 31.4 Å². The van der Waals surface area contributed by atoms with E-state index in [1.54, 1.807) is 29.3 Å². The van der Waals surface area contributed by atoms with Crippen molar-refractivity contribution in [2.45, 2.75) is 51.2 Å². The van der Waals surface area contributed by atoms with Crippen LogP contribution in [0.4, 0.5) is 21.0 Å². The molecule has 1 aromatic carbocycles. The Kier molecular flexibility index (Phi) is 7.69. The number of fused-ring (bicyclic) bond motifs is 1. The maximum atomic E-state index is 12.7. The Morgan fingerprint density at radius 1 is 1.11 bits per heavy atom. The van der Waals surface area contributed by atoms with Crippen LogP contribution < -0.4 is 15.4 Å². The lowest BCUT2D eigenvalue weighted by atomic mass is 9.85. The third-order valence-corrected chi connectivity index (χ3v) is 6.47. The number of carbonyl (C=O) groups excluding carboxylic acids is 2. The van der Waals surface area contributed by atoms with Crippen molar-refractivity contribution in [3.05, 3.63) is 47.7 Å². The zero-order valence-corrected chi connectivity index (χ0v) is 19.7. The van der Waals surface area contributed by atoms with Crippen LogP contribution in [0.25, 0.3) is 0 Å². The van der Waals surface area contributed by atoms with Gasteiger partial charge < -0.3 is 30.1 Å². The summed E-state index contributed by atoms with van der Waals surface area (Å²) in [6, 6.07) is 8.63. The van der Waals surface area contributed by atoms with E-state index >= 15 is 0 Å². The molecule has 1 aliphatic carbocycles. The average Bonchev–Trinajstić information content (AvgIpc) is 2.85. The normalized spacial score (nSPS) is 19.3. The van der Waals surface area contributed by atoms with Crippen LogP contribution in [0.3, 0.4) is 0 Å². The molecule has 1 aliphatic heterocycles. The molecule has 186 valence electrons. The molecule has 0 saturated heterocycles. The van der Waals surface area contributed by atoms with Crippen molar-refractivity contribution in [1.82, 2.24) is 9.88 Å². The van der Waals surface area contributed by atoms with E-state index in [9.17, 15) is 14.4 Å². The highest BCUT2D eigenvalue weighted by Gasteiger charge is 2.28. The Balaban J connectivity index is 1.28. The number of nitrogens with one attached hydrogen (secondary N) is 2. The summed E-state index contributed by atoms with van der Waals surface area (Å²) in [5.74, 6) is -0.279. The Bertz CT molecular complexity index is 1080. The molecular formula is C25H30N4O6. The fraction of sp³-hybridized carbons (Fsp3) is 0.440. The summed E-state index contributed by atoms with van der Waals surface area (Å²) in [7, 11) is 1.49. The average molecular weight is 483 g/mol. The van der Waals surface area contributed by atoms with E-state index in [0.29, 0.717) is 49.6 Å². The molecular weight excluding hydrogens is 452 g/mol. The molecule has 2 aromatic rings. The van der Waals surface area contributed by atoms with Gasteiger partial charge in [0.15, 0.2) is 0 Å². The van der Waals surface area contributed by atoms with Crippen molar-refractivity contribution in [3.63, 3.8) is 0 Å². The number of amides is 3. The summed E-state index contributed by atoms with van der Waals surface area (Å²) in [4.78, 5) is 41.8. The molecule has 35 heavy (non-hydrogen) atoms. The fourth-order valence-electron chi connectivity index (χ4n) is 4.64. The predicted octanol–water partition coefficient (Wildman–Crippen LogP) is 4.26. The van der Waals surface area contributed by atoms with Crippen molar-refractivity contribution >= 4 is 29.5 Å². The number of rotatable bonds is 6. The van der Waals surface area contributed by atoms with Crippen LogP contribution in [0.1, 0.15) is 43.2 Å². The molecule has 10 heteroatoms. The van der Waals surface area contributed by atoms with Crippen molar-refractivity contribution in [2.24, 2.45) is 5.92 Å². The molecule has 1 fully saturated rings. The van der Waals surface area contributed by atoms with E-state index in [-0.39, 0.29) is 24.5 Å². The standard InChI is InChI=1S/C25H30N4O6/c1-34-23-21(3-2-11-26-23)28-24(32)27-19-7-6-18-15-29(12-10-17(18)14-19)25(33)35-20-8-4-16(5-9-20)13-22(30)31/h2-3,6-7,11,14,16,20H,4-5,8-10,12-13,15H2,1H3,(H,30,31)(H2,27,28,32). The highest BCUT2D eigenvalue weighted by molar-refractivity contribution is 6.00.